The number of nitrogens with zero attached hydrogens (tertiary/aromatic N) is 3. The van der Waals surface area contributed by atoms with E-state index in [9.17, 15) is 33.5 Å². The van der Waals surface area contributed by atoms with Crippen molar-refractivity contribution in [3.05, 3.63) is 10.4 Å². The van der Waals surface area contributed by atoms with Crippen LogP contribution in [0.5, 0.6) is 0 Å². The van der Waals surface area contributed by atoms with Gasteiger partial charge in [-0.15, -0.1) is 0 Å². The average molecular weight is 452 g/mol. The zero-order chi connectivity index (χ0) is 20.7. The molecule has 0 saturated carbocycles. The minimum Gasteiger partial charge on any atom is -0.756 e. The van der Waals surface area contributed by atoms with Gasteiger partial charge in [-0.1, -0.05) is 5.11 Å². The molecule has 1 heterocycles. The Labute approximate surface area is 153 Å². The molecule has 0 aromatic heterocycles. The number of hydrogen-bond acceptors (Lipinski definition) is 13. The van der Waals surface area contributed by atoms with Crippen LogP contribution in [0.15, 0.2) is 5.11 Å². The fraction of sp³-hybridized carbons (Fsp3) is 1.00. The summed E-state index contributed by atoms with van der Waals surface area (Å²) < 4.78 is 55.1. The highest BCUT2D eigenvalue weighted by atomic mass is 31.3. The molecule has 1 rings (SSSR count). The third-order valence-electron chi connectivity index (χ3n) is 2.92. The molecule has 0 amide bonds. The molecule has 0 aliphatic carbocycles. The van der Waals surface area contributed by atoms with E-state index in [0.29, 0.717) is 0 Å². The molecule has 15 nitrogen and oxygen atoms in total. The number of hydrogen-bond donors (Lipinski definition) is 1. The third kappa shape index (κ3) is 10.1. The number of phosphoric acid groups is 3. The largest absolute Gasteiger partial charge is 0.756 e. The van der Waals surface area contributed by atoms with Crippen molar-refractivity contribution in [1.82, 2.24) is 0 Å². The lowest BCUT2D eigenvalue weighted by Crippen LogP contribution is -2.27. The summed E-state index contributed by atoms with van der Waals surface area (Å²) in [5, 5.41) is 12.7. The van der Waals surface area contributed by atoms with Gasteiger partial charge in [-0.2, -0.15) is 0 Å². The molecule has 4 unspecified atom stereocenters. The monoisotopic (exact) mass is 452 g/mol. The number of aliphatic hydroxyl groups excluding tert-OH is 1. The number of rotatable bonds is 12. The SMILES string of the molecule is C[C@H]1CC(O)[C@@H](COP(=O)([O-])OP(=O)([O-])OP(=O)([O-])OCCCN=[N+]=[N-])O1. The molecule has 0 spiro atoms. The van der Waals surface area contributed by atoms with Crippen LogP contribution in [-0.4, -0.2) is 43.2 Å². The maximum Gasteiger partial charge on any atom is 0.280 e. The molecule has 1 saturated heterocycles. The van der Waals surface area contributed by atoms with Crippen LogP contribution < -0.4 is 14.7 Å². The van der Waals surface area contributed by atoms with Crippen molar-refractivity contribution in [2.45, 2.75) is 38.1 Å². The highest BCUT2D eigenvalue weighted by molar-refractivity contribution is 7.65. The second-order valence-electron chi connectivity index (χ2n) is 5.23. The molecule has 1 aliphatic rings. The van der Waals surface area contributed by atoms with Crippen LogP contribution in [0.25, 0.3) is 10.4 Å². The average Bonchev–Trinajstić information content (AvgIpc) is 2.80. The van der Waals surface area contributed by atoms with Gasteiger partial charge in [0.15, 0.2) is 0 Å². The van der Waals surface area contributed by atoms with Gasteiger partial charge in [0.2, 0.25) is 0 Å². The normalized spacial score (nSPS) is 29.3. The van der Waals surface area contributed by atoms with E-state index in [0.717, 1.165) is 0 Å². The quantitative estimate of drug-likeness (QED) is 0.132. The van der Waals surface area contributed by atoms with E-state index < -0.39 is 48.9 Å². The van der Waals surface area contributed by atoms with Gasteiger partial charge in [-0.25, -0.2) is 8.62 Å². The van der Waals surface area contributed by atoms with Gasteiger partial charge in [0, 0.05) is 17.9 Å². The summed E-state index contributed by atoms with van der Waals surface area (Å²) in [6.07, 6.45) is -2.29. The molecule has 6 atom stereocenters. The van der Waals surface area contributed by atoms with E-state index in [-0.39, 0.29) is 25.5 Å². The summed E-state index contributed by atoms with van der Waals surface area (Å²) in [5.41, 5.74) is 8.02. The third-order valence-corrected chi connectivity index (χ3v) is 7.09. The summed E-state index contributed by atoms with van der Waals surface area (Å²) in [6.45, 7) is 0.158. The minimum atomic E-state index is -5.92. The molecule has 1 fully saturated rings. The van der Waals surface area contributed by atoms with Gasteiger partial charge in [0.1, 0.15) is 6.10 Å². The van der Waals surface area contributed by atoms with Crippen molar-refractivity contribution in [3.8, 4) is 0 Å². The van der Waals surface area contributed by atoms with Crippen molar-refractivity contribution >= 4 is 23.5 Å². The smallest absolute Gasteiger partial charge is 0.280 e. The number of phosphoric ester groups is 2. The first-order chi connectivity index (χ1) is 12.4. The highest BCUT2D eigenvalue weighted by Gasteiger charge is 2.33. The number of aliphatic hydroxyl groups is 1. The van der Waals surface area contributed by atoms with Gasteiger partial charge in [-0.05, 0) is 18.9 Å². The van der Waals surface area contributed by atoms with Crippen LogP contribution in [0, 0.1) is 0 Å². The molecule has 0 bridgehead atoms. The lowest BCUT2D eigenvalue weighted by Gasteiger charge is -2.34. The van der Waals surface area contributed by atoms with Crippen LogP contribution >= 0.6 is 23.5 Å². The first kappa shape index (κ1) is 24.7. The Hall–Kier alpha value is -0.360. The van der Waals surface area contributed by atoms with E-state index >= 15 is 0 Å². The molecule has 158 valence electrons. The van der Waals surface area contributed by atoms with Gasteiger partial charge in [0.05, 0.1) is 25.4 Å². The van der Waals surface area contributed by atoms with Crippen LogP contribution in [0.3, 0.4) is 0 Å². The van der Waals surface area contributed by atoms with Crippen LogP contribution in [0.2, 0.25) is 0 Å². The van der Waals surface area contributed by atoms with Crippen molar-refractivity contribution < 1.29 is 55.9 Å². The van der Waals surface area contributed by atoms with Gasteiger partial charge < -0.3 is 33.6 Å². The number of azide groups is 1. The second kappa shape index (κ2) is 10.4. The molecule has 0 aromatic carbocycles. The van der Waals surface area contributed by atoms with Gasteiger partial charge in [-0.3, -0.25) is 13.7 Å². The van der Waals surface area contributed by atoms with Crippen molar-refractivity contribution in [2.24, 2.45) is 5.11 Å². The topological polar surface area (TPSA) is 236 Å². The van der Waals surface area contributed by atoms with E-state index in [1.54, 1.807) is 6.92 Å². The Balaban J connectivity index is 2.50. The van der Waals surface area contributed by atoms with E-state index in [1.807, 2.05) is 0 Å². The highest BCUT2D eigenvalue weighted by Crippen LogP contribution is 2.62. The molecule has 18 heteroatoms. The van der Waals surface area contributed by atoms with E-state index in [1.165, 1.54) is 0 Å². The Morgan fingerprint density at radius 2 is 1.78 bits per heavy atom. The van der Waals surface area contributed by atoms with Crippen LogP contribution in [0.1, 0.15) is 19.8 Å². The summed E-state index contributed by atoms with van der Waals surface area (Å²) in [5.74, 6) is 0. The van der Waals surface area contributed by atoms with Crippen LogP contribution in [-0.2, 0) is 36.1 Å². The molecule has 1 N–H and O–H groups in total. The zero-order valence-corrected chi connectivity index (χ0v) is 16.6. The van der Waals surface area contributed by atoms with E-state index in [2.05, 4.69) is 27.7 Å². The molecular weight excluding hydrogens is 435 g/mol. The predicted molar refractivity (Wildman–Crippen MR) is 80.5 cm³/mol. The van der Waals surface area contributed by atoms with Crippen molar-refractivity contribution in [1.29, 1.82) is 0 Å². The summed E-state index contributed by atoms with van der Waals surface area (Å²) in [4.78, 5) is 36.7. The summed E-state index contributed by atoms with van der Waals surface area (Å²) in [7, 11) is -16.9. The second-order valence-corrected chi connectivity index (χ2v) is 9.74. The Bertz CT molecular complexity index is 684. The maximum atomic E-state index is 11.5. The van der Waals surface area contributed by atoms with Crippen LogP contribution in [0.4, 0.5) is 0 Å². The predicted octanol–water partition coefficient (Wildman–Crippen LogP) is -0.303. The van der Waals surface area contributed by atoms with E-state index in [4.69, 9.17) is 10.3 Å². The Kier molecular flexibility index (Phi) is 9.53. The Morgan fingerprint density at radius 1 is 1.19 bits per heavy atom. The molecule has 0 radical (unpaired) electrons. The lowest BCUT2D eigenvalue weighted by atomic mass is 10.1. The first-order valence-corrected chi connectivity index (χ1v) is 11.7. The van der Waals surface area contributed by atoms with Crippen molar-refractivity contribution in [2.75, 3.05) is 19.8 Å². The standard InChI is InChI=1S/C9H20N3O12P3/c1-7-5-8(13)9(22-7)6-21-26(16,17)24-27(18,19)23-25(14,15)20-4-2-3-11-12-10/h7-9,13H,2-6H2,1H3,(H,14,15)(H,16,17)(H,18,19)/p-3/t7-,8?,9+/m0/s1. The van der Waals surface area contributed by atoms with Gasteiger partial charge in [0.25, 0.3) is 23.5 Å². The molecular formula is C9H17N3O12P3-3. The first-order valence-electron chi connectivity index (χ1n) is 7.35. The zero-order valence-electron chi connectivity index (χ0n) is 13.9. The Morgan fingerprint density at radius 3 is 2.30 bits per heavy atom. The molecule has 27 heavy (non-hydrogen) atoms. The fourth-order valence-electron chi connectivity index (χ4n) is 1.91. The van der Waals surface area contributed by atoms with Gasteiger partial charge >= 0.3 is 0 Å². The number of ether oxygens (including phenoxy) is 1. The fourth-order valence-corrected chi connectivity index (χ4v) is 5.32. The van der Waals surface area contributed by atoms with Crippen molar-refractivity contribution in [3.63, 3.8) is 0 Å². The molecule has 0 aromatic rings. The summed E-state index contributed by atoms with van der Waals surface area (Å²) >= 11 is 0. The summed E-state index contributed by atoms with van der Waals surface area (Å²) in [6, 6.07) is 0. The minimum absolute atomic E-state index is 0.0744. The maximum absolute atomic E-state index is 11.5. The molecule has 1 aliphatic heterocycles. The lowest BCUT2D eigenvalue weighted by molar-refractivity contribution is -0.251.